The van der Waals surface area contributed by atoms with Crippen LogP contribution in [0.3, 0.4) is 0 Å². The average Bonchev–Trinajstić information content (AvgIpc) is 2.54. The molecule has 0 fully saturated rings. The molecule has 0 aliphatic rings. The van der Waals surface area contributed by atoms with Crippen LogP contribution in [-0.2, 0) is 6.54 Å². The van der Waals surface area contributed by atoms with Gasteiger partial charge in [-0.1, -0.05) is 24.3 Å². The zero-order valence-corrected chi connectivity index (χ0v) is 13.2. The van der Waals surface area contributed by atoms with Gasteiger partial charge in [0.05, 0.1) is 11.5 Å². The van der Waals surface area contributed by atoms with Crippen molar-refractivity contribution in [2.75, 3.05) is 13.2 Å². The van der Waals surface area contributed by atoms with Crippen molar-refractivity contribution in [2.45, 2.75) is 13.5 Å². The van der Waals surface area contributed by atoms with Gasteiger partial charge in [-0.3, -0.25) is 10.1 Å². The van der Waals surface area contributed by atoms with Gasteiger partial charge in [-0.05, 0) is 30.2 Å². The highest BCUT2D eigenvalue weighted by molar-refractivity contribution is 5.65. The highest BCUT2D eigenvalue weighted by Gasteiger charge is 2.14. The second-order valence-electron chi connectivity index (χ2n) is 5.30. The smallest absolute Gasteiger partial charge is 0.407 e. The summed E-state index contributed by atoms with van der Waals surface area (Å²) in [6, 6.07) is 13.4. The first-order valence-electron chi connectivity index (χ1n) is 7.36. The minimum absolute atomic E-state index is 0.0613. The fraction of sp³-hybridized carbons (Fsp3) is 0.235. The SMILES string of the molecule is Cc1cccc(OCCN(Cc2cccc([N+](=O)[O-])c2)C(=O)O)c1. The van der Waals surface area contributed by atoms with Crippen LogP contribution in [0.5, 0.6) is 5.75 Å². The van der Waals surface area contributed by atoms with Gasteiger partial charge in [-0.25, -0.2) is 4.79 Å². The van der Waals surface area contributed by atoms with E-state index in [9.17, 15) is 20.0 Å². The largest absolute Gasteiger partial charge is 0.492 e. The predicted octanol–water partition coefficient (Wildman–Crippen LogP) is 3.46. The van der Waals surface area contributed by atoms with Crippen LogP contribution in [-0.4, -0.2) is 34.2 Å². The number of ether oxygens (including phenoxy) is 1. The molecule has 2 aromatic carbocycles. The maximum atomic E-state index is 11.4. The molecule has 0 aliphatic heterocycles. The molecule has 0 saturated carbocycles. The summed E-state index contributed by atoms with van der Waals surface area (Å²) in [5.41, 5.74) is 1.55. The number of benzene rings is 2. The Kier molecular flexibility index (Phi) is 5.73. The van der Waals surface area contributed by atoms with E-state index in [-0.39, 0.29) is 25.4 Å². The van der Waals surface area contributed by atoms with Gasteiger partial charge in [0, 0.05) is 18.7 Å². The average molecular weight is 330 g/mol. The number of rotatable bonds is 7. The number of non-ortho nitro benzene ring substituents is 1. The summed E-state index contributed by atoms with van der Waals surface area (Å²) < 4.78 is 5.55. The Morgan fingerprint density at radius 2 is 2.00 bits per heavy atom. The number of hydrogen-bond acceptors (Lipinski definition) is 4. The molecule has 0 heterocycles. The molecule has 7 heteroatoms. The number of nitro benzene ring substituents is 1. The summed E-state index contributed by atoms with van der Waals surface area (Å²) in [5, 5.41) is 20.1. The minimum atomic E-state index is -1.10. The topological polar surface area (TPSA) is 92.9 Å². The number of hydrogen-bond donors (Lipinski definition) is 1. The Balaban J connectivity index is 1.96. The first-order valence-corrected chi connectivity index (χ1v) is 7.36. The standard InChI is InChI=1S/C17H18N2O5/c1-13-4-2-7-16(10-13)24-9-8-18(17(20)21)12-14-5-3-6-15(11-14)19(22)23/h2-7,10-11H,8-9,12H2,1H3,(H,20,21). The van der Waals surface area contributed by atoms with Crippen molar-refractivity contribution in [3.8, 4) is 5.75 Å². The van der Waals surface area contributed by atoms with Crippen molar-refractivity contribution in [3.05, 3.63) is 69.8 Å². The Morgan fingerprint density at radius 1 is 1.25 bits per heavy atom. The number of aryl methyl sites for hydroxylation is 1. The lowest BCUT2D eigenvalue weighted by Gasteiger charge is -2.19. The quantitative estimate of drug-likeness (QED) is 0.620. The molecule has 0 unspecified atom stereocenters. The monoisotopic (exact) mass is 330 g/mol. The van der Waals surface area contributed by atoms with Gasteiger partial charge in [-0.2, -0.15) is 0 Å². The molecule has 2 aromatic rings. The molecule has 0 aliphatic carbocycles. The van der Waals surface area contributed by atoms with Crippen molar-refractivity contribution in [3.63, 3.8) is 0 Å². The molecule has 0 atom stereocenters. The van der Waals surface area contributed by atoms with Crippen molar-refractivity contribution < 1.29 is 19.6 Å². The van der Waals surface area contributed by atoms with E-state index in [1.807, 2.05) is 25.1 Å². The highest BCUT2D eigenvalue weighted by atomic mass is 16.6. The molecule has 0 radical (unpaired) electrons. The lowest BCUT2D eigenvalue weighted by molar-refractivity contribution is -0.384. The number of nitro groups is 1. The van der Waals surface area contributed by atoms with E-state index in [1.54, 1.807) is 12.1 Å². The number of nitrogens with zero attached hydrogens (tertiary/aromatic N) is 2. The van der Waals surface area contributed by atoms with E-state index in [2.05, 4.69) is 0 Å². The Bertz CT molecular complexity index is 732. The van der Waals surface area contributed by atoms with E-state index in [0.29, 0.717) is 11.3 Å². The van der Waals surface area contributed by atoms with Gasteiger partial charge in [-0.15, -0.1) is 0 Å². The van der Waals surface area contributed by atoms with Gasteiger partial charge in [0.2, 0.25) is 0 Å². The minimum Gasteiger partial charge on any atom is -0.492 e. The van der Waals surface area contributed by atoms with Gasteiger partial charge >= 0.3 is 6.09 Å². The molecular weight excluding hydrogens is 312 g/mol. The maximum absolute atomic E-state index is 11.4. The zero-order valence-electron chi connectivity index (χ0n) is 13.2. The normalized spacial score (nSPS) is 10.2. The van der Waals surface area contributed by atoms with Crippen LogP contribution < -0.4 is 4.74 Å². The maximum Gasteiger partial charge on any atom is 0.407 e. The van der Waals surface area contributed by atoms with Crippen LogP contribution in [0.25, 0.3) is 0 Å². The number of carboxylic acid groups (broad SMARTS) is 1. The van der Waals surface area contributed by atoms with E-state index in [0.717, 1.165) is 10.5 Å². The van der Waals surface area contributed by atoms with Gasteiger partial charge in [0.1, 0.15) is 12.4 Å². The fourth-order valence-electron chi connectivity index (χ4n) is 2.21. The Morgan fingerprint density at radius 3 is 2.67 bits per heavy atom. The molecule has 0 bridgehead atoms. The summed E-state index contributed by atoms with van der Waals surface area (Å²) in [6.45, 7) is 2.36. The second-order valence-corrected chi connectivity index (χ2v) is 5.30. The van der Waals surface area contributed by atoms with Gasteiger partial charge in [0.15, 0.2) is 0 Å². The van der Waals surface area contributed by atoms with Crippen LogP contribution in [0.1, 0.15) is 11.1 Å². The van der Waals surface area contributed by atoms with E-state index in [4.69, 9.17) is 4.74 Å². The van der Waals surface area contributed by atoms with Crippen molar-refractivity contribution >= 4 is 11.8 Å². The van der Waals surface area contributed by atoms with Gasteiger partial charge in [0.25, 0.3) is 5.69 Å². The third kappa shape index (κ3) is 4.98. The molecular formula is C17H18N2O5. The van der Waals surface area contributed by atoms with Crippen LogP contribution in [0.15, 0.2) is 48.5 Å². The number of amides is 1. The third-order valence-electron chi connectivity index (χ3n) is 3.38. The molecule has 24 heavy (non-hydrogen) atoms. The predicted molar refractivity (Wildman–Crippen MR) is 88.2 cm³/mol. The summed E-state index contributed by atoms with van der Waals surface area (Å²) in [4.78, 5) is 22.8. The molecule has 1 N–H and O–H groups in total. The molecule has 2 rings (SSSR count). The third-order valence-corrected chi connectivity index (χ3v) is 3.38. The Hall–Kier alpha value is -3.09. The van der Waals surface area contributed by atoms with E-state index < -0.39 is 11.0 Å². The van der Waals surface area contributed by atoms with Gasteiger partial charge < -0.3 is 14.7 Å². The summed E-state index contributed by atoms with van der Waals surface area (Å²) in [5.74, 6) is 0.677. The van der Waals surface area contributed by atoms with Crippen LogP contribution in [0.2, 0.25) is 0 Å². The van der Waals surface area contributed by atoms with E-state index in [1.165, 1.54) is 18.2 Å². The molecule has 1 amide bonds. The summed E-state index contributed by atoms with van der Waals surface area (Å²) >= 11 is 0. The lowest BCUT2D eigenvalue weighted by Crippen LogP contribution is -2.32. The van der Waals surface area contributed by atoms with Crippen LogP contribution in [0, 0.1) is 17.0 Å². The fourth-order valence-corrected chi connectivity index (χ4v) is 2.21. The lowest BCUT2D eigenvalue weighted by atomic mass is 10.2. The van der Waals surface area contributed by atoms with Crippen LogP contribution >= 0.6 is 0 Å². The number of carbonyl (C=O) groups is 1. The highest BCUT2D eigenvalue weighted by Crippen LogP contribution is 2.15. The molecule has 126 valence electrons. The first kappa shape index (κ1) is 17.3. The molecule has 0 spiro atoms. The first-order chi connectivity index (χ1) is 11.5. The van der Waals surface area contributed by atoms with Crippen LogP contribution in [0.4, 0.5) is 10.5 Å². The molecule has 0 aromatic heterocycles. The molecule has 0 saturated heterocycles. The summed E-state index contributed by atoms with van der Waals surface area (Å²) in [6.07, 6.45) is -1.10. The van der Waals surface area contributed by atoms with Crippen molar-refractivity contribution in [2.24, 2.45) is 0 Å². The Labute approximate surface area is 139 Å². The van der Waals surface area contributed by atoms with E-state index >= 15 is 0 Å². The summed E-state index contributed by atoms with van der Waals surface area (Å²) in [7, 11) is 0. The zero-order chi connectivity index (χ0) is 17.5. The van der Waals surface area contributed by atoms with Crippen molar-refractivity contribution in [1.29, 1.82) is 0 Å². The molecule has 7 nitrogen and oxygen atoms in total. The van der Waals surface area contributed by atoms with Crippen molar-refractivity contribution in [1.82, 2.24) is 4.90 Å². The second kappa shape index (κ2) is 7.96.